The Bertz CT molecular complexity index is 1150. The van der Waals surface area contributed by atoms with Crippen LogP contribution in [0.1, 0.15) is 11.1 Å². The molecule has 0 radical (unpaired) electrons. The van der Waals surface area contributed by atoms with Crippen LogP contribution in [0.25, 0.3) is 11.3 Å². The van der Waals surface area contributed by atoms with Crippen LogP contribution in [-0.2, 0) is 11.3 Å². The molecule has 2 aromatic carbocycles. The largest absolute Gasteiger partial charge is 0.493 e. The Kier molecular flexibility index (Phi) is 6.59. The number of rotatable bonds is 7. The molecule has 1 N–H and O–H groups in total. The van der Waals surface area contributed by atoms with E-state index in [1.165, 1.54) is 27.4 Å². The molecule has 0 saturated carbocycles. The molecule has 31 heavy (non-hydrogen) atoms. The predicted octanol–water partition coefficient (Wildman–Crippen LogP) is 3.19. The molecule has 0 aliphatic heterocycles. The lowest BCUT2D eigenvalue weighted by Gasteiger charge is -2.14. The van der Waals surface area contributed by atoms with E-state index < -0.39 is 0 Å². The van der Waals surface area contributed by atoms with Crippen LogP contribution >= 0.6 is 0 Å². The summed E-state index contributed by atoms with van der Waals surface area (Å²) in [4.78, 5) is 24.9. The van der Waals surface area contributed by atoms with E-state index in [0.29, 0.717) is 34.2 Å². The van der Waals surface area contributed by atoms with Crippen molar-refractivity contribution in [3.63, 3.8) is 0 Å². The maximum Gasteiger partial charge on any atom is 0.267 e. The summed E-state index contributed by atoms with van der Waals surface area (Å²) >= 11 is 0. The first-order chi connectivity index (χ1) is 14.9. The highest BCUT2D eigenvalue weighted by atomic mass is 16.5. The number of nitrogens with zero attached hydrogens (tertiary/aromatic N) is 2. The molecule has 0 atom stereocenters. The molecule has 0 saturated heterocycles. The SMILES string of the molecule is COc1cc(-c2ccc(=O)n(CC(=O)Nc3cc(C)ccc3C)n2)cc(OC)c1OC. The third-order valence-corrected chi connectivity index (χ3v) is 4.79. The highest BCUT2D eigenvalue weighted by molar-refractivity contribution is 5.91. The van der Waals surface area contributed by atoms with Crippen molar-refractivity contribution in [3.05, 3.63) is 63.9 Å². The zero-order chi connectivity index (χ0) is 22.5. The van der Waals surface area contributed by atoms with Gasteiger partial charge in [0.1, 0.15) is 6.54 Å². The van der Waals surface area contributed by atoms with Gasteiger partial charge in [-0.2, -0.15) is 5.10 Å². The molecule has 8 heteroatoms. The summed E-state index contributed by atoms with van der Waals surface area (Å²) in [6, 6.07) is 12.2. The van der Waals surface area contributed by atoms with E-state index in [4.69, 9.17) is 14.2 Å². The first kappa shape index (κ1) is 21.9. The third kappa shape index (κ3) is 4.85. The average Bonchev–Trinajstić information content (AvgIpc) is 2.76. The number of hydrogen-bond donors (Lipinski definition) is 1. The van der Waals surface area contributed by atoms with Gasteiger partial charge in [-0.25, -0.2) is 4.68 Å². The lowest BCUT2D eigenvalue weighted by Crippen LogP contribution is -2.29. The van der Waals surface area contributed by atoms with Gasteiger partial charge in [-0.15, -0.1) is 0 Å². The van der Waals surface area contributed by atoms with Crippen molar-refractivity contribution in [2.75, 3.05) is 26.6 Å². The molecule has 1 aromatic heterocycles. The van der Waals surface area contributed by atoms with E-state index in [-0.39, 0.29) is 18.0 Å². The summed E-state index contributed by atoms with van der Waals surface area (Å²) in [5.41, 5.74) is 3.42. The molecular weight excluding hydrogens is 398 g/mol. The van der Waals surface area contributed by atoms with E-state index in [9.17, 15) is 9.59 Å². The normalized spacial score (nSPS) is 10.5. The minimum Gasteiger partial charge on any atom is -0.493 e. The summed E-state index contributed by atoms with van der Waals surface area (Å²) in [6.45, 7) is 3.64. The van der Waals surface area contributed by atoms with Crippen molar-refractivity contribution in [3.8, 4) is 28.5 Å². The lowest BCUT2D eigenvalue weighted by atomic mass is 10.1. The van der Waals surface area contributed by atoms with Gasteiger partial charge in [-0.3, -0.25) is 9.59 Å². The molecule has 0 aliphatic carbocycles. The monoisotopic (exact) mass is 423 g/mol. The summed E-state index contributed by atoms with van der Waals surface area (Å²) in [7, 11) is 4.56. The van der Waals surface area contributed by atoms with Crippen molar-refractivity contribution in [1.82, 2.24) is 9.78 Å². The number of benzene rings is 2. The van der Waals surface area contributed by atoms with Gasteiger partial charge in [0.15, 0.2) is 11.5 Å². The molecule has 1 heterocycles. The number of aromatic nitrogens is 2. The van der Waals surface area contributed by atoms with Crippen LogP contribution in [0.4, 0.5) is 5.69 Å². The Morgan fingerprint density at radius 3 is 2.26 bits per heavy atom. The van der Waals surface area contributed by atoms with Crippen LogP contribution in [0.2, 0.25) is 0 Å². The molecule has 0 bridgehead atoms. The van der Waals surface area contributed by atoms with Gasteiger partial charge >= 0.3 is 0 Å². The van der Waals surface area contributed by atoms with Crippen LogP contribution < -0.4 is 25.1 Å². The van der Waals surface area contributed by atoms with Crippen molar-refractivity contribution in [2.45, 2.75) is 20.4 Å². The Morgan fingerprint density at radius 1 is 0.968 bits per heavy atom. The van der Waals surface area contributed by atoms with Crippen molar-refractivity contribution < 1.29 is 19.0 Å². The first-order valence-corrected chi connectivity index (χ1v) is 9.62. The number of carbonyl (C=O) groups is 1. The fourth-order valence-electron chi connectivity index (χ4n) is 3.14. The van der Waals surface area contributed by atoms with E-state index in [2.05, 4.69) is 10.4 Å². The van der Waals surface area contributed by atoms with Crippen molar-refractivity contribution >= 4 is 11.6 Å². The molecule has 3 aromatic rings. The van der Waals surface area contributed by atoms with Crippen LogP contribution in [-0.4, -0.2) is 37.0 Å². The maximum absolute atomic E-state index is 12.6. The van der Waals surface area contributed by atoms with Gasteiger partial charge in [0.05, 0.1) is 27.0 Å². The molecular formula is C23H25N3O5. The van der Waals surface area contributed by atoms with Crippen LogP contribution in [0, 0.1) is 13.8 Å². The number of ether oxygens (including phenoxy) is 3. The molecule has 0 fully saturated rings. The topological polar surface area (TPSA) is 91.7 Å². The van der Waals surface area contributed by atoms with Crippen LogP contribution in [0.15, 0.2) is 47.3 Å². The predicted molar refractivity (Wildman–Crippen MR) is 118 cm³/mol. The lowest BCUT2D eigenvalue weighted by molar-refractivity contribution is -0.117. The van der Waals surface area contributed by atoms with Gasteiger partial charge in [-0.1, -0.05) is 12.1 Å². The fraction of sp³-hybridized carbons (Fsp3) is 0.261. The minimum absolute atomic E-state index is 0.218. The van der Waals surface area contributed by atoms with E-state index in [1.807, 2.05) is 32.0 Å². The summed E-state index contributed by atoms with van der Waals surface area (Å²) in [6.07, 6.45) is 0. The second-order valence-electron chi connectivity index (χ2n) is 7.00. The smallest absolute Gasteiger partial charge is 0.267 e. The number of carbonyl (C=O) groups excluding carboxylic acids is 1. The average molecular weight is 423 g/mol. The molecule has 1 amide bonds. The zero-order valence-corrected chi connectivity index (χ0v) is 18.2. The van der Waals surface area contributed by atoms with Crippen molar-refractivity contribution in [2.24, 2.45) is 0 Å². The summed E-state index contributed by atoms with van der Waals surface area (Å²) in [5.74, 6) is 1.04. The van der Waals surface area contributed by atoms with Crippen LogP contribution in [0.5, 0.6) is 17.2 Å². The van der Waals surface area contributed by atoms with E-state index in [0.717, 1.165) is 15.8 Å². The highest BCUT2D eigenvalue weighted by Gasteiger charge is 2.16. The van der Waals surface area contributed by atoms with Crippen molar-refractivity contribution in [1.29, 1.82) is 0 Å². The van der Waals surface area contributed by atoms with Gasteiger partial charge in [0, 0.05) is 17.3 Å². The second-order valence-corrected chi connectivity index (χ2v) is 7.00. The second kappa shape index (κ2) is 9.34. The number of anilines is 1. The maximum atomic E-state index is 12.6. The van der Waals surface area contributed by atoms with Gasteiger partial charge in [-0.05, 0) is 49.2 Å². The molecule has 3 rings (SSSR count). The number of nitrogens with one attached hydrogen (secondary N) is 1. The standard InChI is InChI=1S/C23H25N3O5/c1-14-6-7-15(2)18(10-14)24-21(27)13-26-22(28)9-8-17(25-26)16-11-19(29-3)23(31-5)20(12-16)30-4/h6-12H,13H2,1-5H3,(H,24,27). The summed E-state index contributed by atoms with van der Waals surface area (Å²) < 4.78 is 17.2. The number of hydrogen-bond acceptors (Lipinski definition) is 6. The first-order valence-electron chi connectivity index (χ1n) is 9.62. The fourth-order valence-corrected chi connectivity index (χ4v) is 3.14. The van der Waals surface area contributed by atoms with E-state index >= 15 is 0 Å². The highest BCUT2D eigenvalue weighted by Crippen LogP contribution is 2.40. The molecule has 162 valence electrons. The summed E-state index contributed by atoms with van der Waals surface area (Å²) in [5, 5.41) is 7.20. The van der Waals surface area contributed by atoms with Gasteiger partial charge in [0.25, 0.3) is 5.56 Å². The Morgan fingerprint density at radius 2 is 1.65 bits per heavy atom. The molecule has 8 nitrogen and oxygen atoms in total. The van der Waals surface area contributed by atoms with E-state index in [1.54, 1.807) is 18.2 Å². The van der Waals surface area contributed by atoms with Gasteiger partial charge in [0.2, 0.25) is 11.7 Å². The zero-order valence-electron chi connectivity index (χ0n) is 18.2. The quantitative estimate of drug-likeness (QED) is 0.628. The minimum atomic E-state index is -0.382. The number of amides is 1. The molecule has 0 unspecified atom stereocenters. The Balaban J connectivity index is 1.91. The van der Waals surface area contributed by atoms with Gasteiger partial charge < -0.3 is 19.5 Å². The number of aryl methyl sites for hydroxylation is 2. The van der Waals surface area contributed by atoms with Crippen LogP contribution in [0.3, 0.4) is 0 Å². The molecule has 0 spiro atoms. The number of methoxy groups -OCH3 is 3. The molecule has 0 aliphatic rings. The Labute approximate surface area is 180 Å². The third-order valence-electron chi connectivity index (χ3n) is 4.79. The Hall–Kier alpha value is -3.81.